The molecule has 2 rings (SSSR count). The standard InChI is InChI=1S/C23H28Cl3N3O4S/c1-5-15(2)27-23(31)16(3)28(13-17-6-8-18(24)9-7-17)22(30)14-29(34(4,32)33)21-12-19(25)10-11-20(21)26/h6-12,15-16H,5,13-14H2,1-4H3,(H,27,31)/t15-,16-/m1/s1. The SMILES string of the molecule is CC[C@@H](C)NC(=O)[C@@H](C)N(Cc1ccc(Cl)cc1)C(=O)CN(c1cc(Cl)ccc1Cl)S(C)(=O)=O. The Kier molecular flexibility index (Phi) is 10.1. The fourth-order valence-corrected chi connectivity index (χ4v) is 4.52. The molecule has 2 aromatic carbocycles. The monoisotopic (exact) mass is 547 g/mol. The van der Waals surface area contributed by atoms with Gasteiger partial charge in [-0.2, -0.15) is 0 Å². The number of benzene rings is 2. The van der Waals surface area contributed by atoms with Gasteiger partial charge in [-0.05, 0) is 56.2 Å². The number of hydrogen-bond acceptors (Lipinski definition) is 4. The number of halogens is 3. The fraction of sp³-hybridized carbons (Fsp3) is 0.391. The van der Waals surface area contributed by atoms with Gasteiger partial charge in [0.15, 0.2) is 0 Å². The van der Waals surface area contributed by atoms with Crippen molar-refractivity contribution in [3.05, 3.63) is 63.1 Å². The summed E-state index contributed by atoms with van der Waals surface area (Å²) in [6.45, 7) is 4.91. The third kappa shape index (κ3) is 7.77. The van der Waals surface area contributed by atoms with Gasteiger partial charge in [0.2, 0.25) is 21.8 Å². The number of amides is 2. The predicted molar refractivity (Wildman–Crippen MR) is 138 cm³/mol. The van der Waals surface area contributed by atoms with Crippen LogP contribution in [0.3, 0.4) is 0 Å². The van der Waals surface area contributed by atoms with E-state index in [0.717, 1.165) is 22.5 Å². The molecule has 0 saturated carbocycles. The van der Waals surface area contributed by atoms with Crippen molar-refractivity contribution in [3.63, 3.8) is 0 Å². The molecule has 0 radical (unpaired) electrons. The molecule has 0 unspecified atom stereocenters. The molecular formula is C23H28Cl3N3O4S. The van der Waals surface area contributed by atoms with Crippen LogP contribution in [0, 0.1) is 0 Å². The van der Waals surface area contributed by atoms with Crippen molar-refractivity contribution in [2.24, 2.45) is 0 Å². The number of sulfonamides is 1. The minimum absolute atomic E-state index is 0.0754. The van der Waals surface area contributed by atoms with E-state index in [1.807, 2.05) is 13.8 Å². The Bertz CT molecular complexity index is 1130. The number of carbonyl (C=O) groups is 2. The quantitative estimate of drug-likeness (QED) is 0.464. The first-order valence-corrected chi connectivity index (χ1v) is 13.6. The second-order valence-corrected chi connectivity index (χ2v) is 11.2. The highest BCUT2D eigenvalue weighted by Crippen LogP contribution is 2.31. The van der Waals surface area contributed by atoms with Crippen molar-refractivity contribution in [2.45, 2.75) is 45.8 Å². The van der Waals surface area contributed by atoms with Gasteiger partial charge in [0.05, 0.1) is 17.0 Å². The first kappa shape index (κ1) is 28.2. The summed E-state index contributed by atoms with van der Waals surface area (Å²) >= 11 is 18.2. The van der Waals surface area contributed by atoms with Crippen LogP contribution in [0.1, 0.15) is 32.8 Å². The van der Waals surface area contributed by atoms with Crippen molar-refractivity contribution in [3.8, 4) is 0 Å². The summed E-state index contributed by atoms with van der Waals surface area (Å²) in [5.74, 6) is -0.924. The van der Waals surface area contributed by atoms with Crippen LogP contribution in [0.15, 0.2) is 42.5 Å². The van der Waals surface area contributed by atoms with Crippen molar-refractivity contribution < 1.29 is 18.0 Å². The molecule has 0 spiro atoms. The van der Waals surface area contributed by atoms with E-state index in [2.05, 4.69) is 5.32 Å². The highest BCUT2D eigenvalue weighted by atomic mass is 35.5. The lowest BCUT2D eigenvalue weighted by Gasteiger charge is -2.32. The summed E-state index contributed by atoms with van der Waals surface area (Å²) < 4.78 is 26.1. The van der Waals surface area contributed by atoms with Gasteiger partial charge in [-0.25, -0.2) is 8.42 Å². The Morgan fingerprint density at radius 2 is 1.59 bits per heavy atom. The normalized spacial score (nSPS) is 13.1. The Hall–Kier alpha value is -2.00. The summed E-state index contributed by atoms with van der Waals surface area (Å²) in [5.41, 5.74) is 0.806. The maximum absolute atomic E-state index is 13.5. The molecule has 0 aliphatic carbocycles. The summed E-state index contributed by atoms with van der Waals surface area (Å²) in [6, 6.07) is 10.2. The Morgan fingerprint density at radius 1 is 1.00 bits per heavy atom. The Balaban J connectivity index is 2.42. The van der Waals surface area contributed by atoms with Gasteiger partial charge in [0.1, 0.15) is 12.6 Å². The molecule has 0 aliphatic heterocycles. The Labute approximate surface area is 216 Å². The maximum atomic E-state index is 13.5. The number of anilines is 1. The smallest absolute Gasteiger partial charge is 0.244 e. The van der Waals surface area contributed by atoms with E-state index in [9.17, 15) is 18.0 Å². The Morgan fingerprint density at radius 3 is 2.15 bits per heavy atom. The zero-order chi connectivity index (χ0) is 25.6. The molecule has 2 atom stereocenters. The molecule has 0 fully saturated rings. The largest absolute Gasteiger partial charge is 0.352 e. The highest BCUT2D eigenvalue weighted by Gasteiger charge is 2.31. The summed E-state index contributed by atoms with van der Waals surface area (Å²) in [5, 5.41) is 3.78. The average Bonchev–Trinajstić information content (AvgIpc) is 2.77. The summed E-state index contributed by atoms with van der Waals surface area (Å²) in [4.78, 5) is 27.7. The minimum Gasteiger partial charge on any atom is -0.352 e. The van der Waals surface area contributed by atoms with E-state index >= 15 is 0 Å². The van der Waals surface area contributed by atoms with Crippen LogP contribution in [0.25, 0.3) is 0 Å². The highest BCUT2D eigenvalue weighted by molar-refractivity contribution is 7.92. The minimum atomic E-state index is -3.91. The van der Waals surface area contributed by atoms with E-state index in [1.54, 1.807) is 31.2 Å². The van der Waals surface area contributed by atoms with Crippen molar-refractivity contribution in [2.75, 3.05) is 17.1 Å². The molecule has 34 heavy (non-hydrogen) atoms. The second kappa shape index (κ2) is 12.1. The maximum Gasteiger partial charge on any atom is 0.244 e. The molecule has 1 N–H and O–H groups in total. The number of rotatable bonds is 10. The van der Waals surface area contributed by atoms with Gasteiger partial charge < -0.3 is 10.2 Å². The van der Waals surface area contributed by atoms with Crippen molar-refractivity contribution >= 4 is 62.3 Å². The van der Waals surface area contributed by atoms with Crippen LogP contribution >= 0.6 is 34.8 Å². The van der Waals surface area contributed by atoms with Crippen molar-refractivity contribution in [1.82, 2.24) is 10.2 Å². The third-order valence-electron chi connectivity index (χ3n) is 5.29. The first-order chi connectivity index (χ1) is 15.8. The molecular weight excluding hydrogens is 521 g/mol. The fourth-order valence-electron chi connectivity index (χ4n) is 3.11. The van der Waals surface area contributed by atoms with Crippen LogP contribution in [-0.2, 0) is 26.2 Å². The van der Waals surface area contributed by atoms with Crippen LogP contribution in [0.2, 0.25) is 15.1 Å². The third-order valence-corrected chi connectivity index (χ3v) is 7.22. The average molecular weight is 549 g/mol. The van der Waals surface area contributed by atoms with E-state index in [4.69, 9.17) is 34.8 Å². The second-order valence-electron chi connectivity index (χ2n) is 8.01. The molecule has 186 valence electrons. The van der Waals surface area contributed by atoms with Crippen LogP contribution in [0.5, 0.6) is 0 Å². The molecule has 0 aromatic heterocycles. The molecule has 0 bridgehead atoms. The van der Waals surface area contributed by atoms with Crippen molar-refractivity contribution in [1.29, 1.82) is 0 Å². The lowest BCUT2D eigenvalue weighted by Crippen LogP contribution is -2.52. The number of hydrogen-bond donors (Lipinski definition) is 1. The van der Waals surface area contributed by atoms with Gasteiger partial charge in [0.25, 0.3) is 0 Å². The lowest BCUT2D eigenvalue weighted by molar-refractivity contribution is -0.139. The zero-order valence-electron chi connectivity index (χ0n) is 19.4. The predicted octanol–water partition coefficient (Wildman–Crippen LogP) is 4.74. The van der Waals surface area contributed by atoms with Gasteiger partial charge in [0, 0.05) is 22.6 Å². The van der Waals surface area contributed by atoms with Gasteiger partial charge in [-0.1, -0.05) is 53.9 Å². The molecule has 7 nitrogen and oxygen atoms in total. The summed E-state index contributed by atoms with van der Waals surface area (Å²) in [7, 11) is -3.91. The molecule has 0 heterocycles. The van der Waals surface area contributed by atoms with E-state index in [0.29, 0.717) is 5.02 Å². The van der Waals surface area contributed by atoms with E-state index in [-0.39, 0.29) is 34.2 Å². The number of carbonyl (C=O) groups excluding carboxylic acids is 2. The topological polar surface area (TPSA) is 86.8 Å². The molecule has 2 aromatic rings. The van der Waals surface area contributed by atoms with Crippen LogP contribution < -0.4 is 9.62 Å². The number of nitrogens with one attached hydrogen (secondary N) is 1. The zero-order valence-corrected chi connectivity index (χ0v) is 22.5. The van der Waals surface area contributed by atoms with E-state index < -0.39 is 28.5 Å². The first-order valence-electron chi connectivity index (χ1n) is 10.6. The van der Waals surface area contributed by atoms with Gasteiger partial charge in [-0.15, -0.1) is 0 Å². The summed E-state index contributed by atoms with van der Waals surface area (Å²) in [6.07, 6.45) is 1.69. The molecule has 0 saturated heterocycles. The van der Waals surface area contributed by atoms with Crippen LogP contribution in [-0.4, -0.2) is 50.0 Å². The molecule has 0 aliphatic rings. The van der Waals surface area contributed by atoms with Crippen LogP contribution in [0.4, 0.5) is 5.69 Å². The van der Waals surface area contributed by atoms with E-state index in [1.165, 1.54) is 23.1 Å². The van der Waals surface area contributed by atoms with Gasteiger partial charge in [-0.3, -0.25) is 13.9 Å². The van der Waals surface area contributed by atoms with Gasteiger partial charge >= 0.3 is 0 Å². The number of nitrogens with zero attached hydrogens (tertiary/aromatic N) is 2. The lowest BCUT2D eigenvalue weighted by atomic mass is 10.1. The molecule has 11 heteroatoms. The molecule has 2 amide bonds.